The number of aliphatic hydroxyl groups is 1. The number of amides is 2. The molecule has 32 heavy (non-hydrogen) atoms. The molecule has 2 heterocycles. The molecule has 2 amide bonds. The number of benzene rings is 2. The molecule has 0 radical (unpaired) electrons. The second kappa shape index (κ2) is 9.81. The molecule has 2 aliphatic heterocycles. The minimum atomic E-state index is -0.479. The highest BCUT2D eigenvalue weighted by Gasteiger charge is 2.49. The maximum Gasteiger partial charge on any atom is 0.238 e. The molecule has 1 spiro atoms. The van der Waals surface area contributed by atoms with Gasteiger partial charge < -0.3 is 15.7 Å². The monoisotopic (exact) mass is 436 g/mol. The number of β-amino-alcohol motifs (C(OH)–C–C–N with tert-alkyl or cyclic N) is 1. The van der Waals surface area contributed by atoms with Crippen LogP contribution in [0.2, 0.25) is 0 Å². The van der Waals surface area contributed by atoms with Crippen molar-refractivity contribution in [3.8, 4) is 0 Å². The van der Waals surface area contributed by atoms with E-state index in [1.54, 1.807) is 24.3 Å². The molecule has 2 aliphatic rings. The molecule has 7 heteroatoms. The Morgan fingerprint density at radius 1 is 1.00 bits per heavy atom. The Balaban J connectivity index is 1.31. The first-order valence-corrected chi connectivity index (χ1v) is 11.3. The first kappa shape index (κ1) is 22.5. The van der Waals surface area contributed by atoms with Crippen molar-refractivity contribution in [1.29, 1.82) is 0 Å². The molecule has 2 fully saturated rings. The van der Waals surface area contributed by atoms with Gasteiger partial charge in [-0.1, -0.05) is 30.3 Å². The number of rotatable bonds is 6. The minimum absolute atomic E-state index is 0.104. The Bertz CT molecular complexity index is 934. The van der Waals surface area contributed by atoms with Crippen molar-refractivity contribution >= 4 is 23.2 Å². The van der Waals surface area contributed by atoms with Gasteiger partial charge in [0.05, 0.1) is 12.6 Å². The van der Waals surface area contributed by atoms with Gasteiger partial charge in [0.2, 0.25) is 11.8 Å². The highest BCUT2D eigenvalue weighted by atomic mass is 16.3. The summed E-state index contributed by atoms with van der Waals surface area (Å²) in [7, 11) is 0. The number of hydrogen-bond acceptors (Lipinski definition) is 5. The number of aliphatic hydroxyl groups excluding tert-OH is 1. The van der Waals surface area contributed by atoms with Crippen LogP contribution < -0.4 is 10.6 Å². The Morgan fingerprint density at radius 3 is 2.34 bits per heavy atom. The number of nitrogens with zero attached hydrogens (tertiary/aromatic N) is 2. The molecule has 0 saturated carbocycles. The highest BCUT2D eigenvalue weighted by Crippen LogP contribution is 2.39. The van der Waals surface area contributed by atoms with Crippen molar-refractivity contribution in [2.75, 3.05) is 36.8 Å². The number of carbonyl (C=O) groups is 2. The van der Waals surface area contributed by atoms with Gasteiger partial charge in [-0.2, -0.15) is 0 Å². The Kier molecular flexibility index (Phi) is 6.89. The summed E-state index contributed by atoms with van der Waals surface area (Å²) < 4.78 is 0. The average Bonchev–Trinajstić information content (AvgIpc) is 3.16. The predicted octanol–water partition coefficient (Wildman–Crippen LogP) is 2.68. The summed E-state index contributed by atoms with van der Waals surface area (Å²) in [4.78, 5) is 28.2. The summed E-state index contributed by atoms with van der Waals surface area (Å²) in [5.41, 5.74) is 2.45. The summed E-state index contributed by atoms with van der Waals surface area (Å²) >= 11 is 0. The van der Waals surface area contributed by atoms with Crippen molar-refractivity contribution in [3.05, 3.63) is 60.2 Å². The van der Waals surface area contributed by atoms with E-state index in [-0.39, 0.29) is 23.9 Å². The van der Waals surface area contributed by atoms with E-state index < -0.39 is 6.10 Å². The van der Waals surface area contributed by atoms with Gasteiger partial charge in [-0.05, 0) is 55.6 Å². The van der Waals surface area contributed by atoms with E-state index in [9.17, 15) is 14.7 Å². The zero-order valence-electron chi connectivity index (χ0n) is 18.6. The molecule has 0 aliphatic carbocycles. The van der Waals surface area contributed by atoms with Crippen LogP contribution in [0.25, 0.3) is 0 Å². The second-order valence-corrected chi connectivity index (χ2v) is 8.92. The first-order valence-electron chi connectivity index (χ1n) is 11.3. The number of anilines is 2. The molecule has 0 aromatic heterocycles. The SMILES string of the molecule is CC(=O)Nc1ccc(NC(=O)CN2CC[C@@]3(CCCN3Cc3ccccc3)[C@@H](O)C2)cc1. The van der Waals surface area contributed by atoms with Gasteiger partial charge in [-0.3, -0.25) is 19.4 Å². The third-order valence-corrected chi connectivity index (χ3v) is 6.65. The lowest BCUT2D eigenvalue weighted by Gasteiger charge is -2.48. The van der Waals surface area contributed by atoms with E-state index in [1.165, 1.54) is 12.5 Å². The Hall–Kier alpha value is -2.74. The maximum atomic E-state index is 12.6. The van der Waals surface area contributed by atoms with Gasteiger partial charge in [0, 0.05) is 43.5 Å². The topological polar surface area (TPSA) is 84.9 Å². The number of hydrogen-bond donors (Lipinski definition) is 3. The molecule has 2 aromatic rings. The molecule has 2 saturated heterocycles. The van der Waals surface area contributed by atoms with Crippen molar-refractivity contribution < 1.29 is 14.7 Å². The number of nitrogens with one attached hydrogen (secondary N) is 2. The number of likely N-dealkylation sites (tertiary alicyclic amines) is 2. The molecule has 0 bridgehead atoms. The number of carbonyl (C=O) groups excluding carboxylic acids is 2. The maximum absolute atomic E-state index is 12.6. The first-order chi connectivity index (χ1) is 15.4. The quantitative estimate of drug-likeness (QED) is 0.648. The molecular formula is C25H32N4O3. The summed E-state index contributed by atoms with van der Waals surface area (Å²) in [5, 5.41) is 16.7. The Labute approximate surface area is 189 Å². The molecular weight excluding hydrogens is 404 g/mol. The lowest BCUT2D eigenvalue weighted by Crippen LogP contribution is -2.61. The molecule has 3 N–H and O–H groups in total. The normalized spacial score (nSPS) is 23.9. The fourth-order valence-electron chi connectivity index (χ4n) is 5.07. The van der Waals surface area contributed by atoms with Crippen LogP contribution in [-0.4, -0.2) is 64.5 Å². The van der Waals surface area contributed by atoms with Crippen LogP contribution >= 0.6 is 0 Å². The average molecular weight is 437 g/mol. The van der Waals surface area contributed by atoms with Crippen LogP contribution in [0, 0.1) is 0 Å². The zero-order valence-corrected chi connectivity index (χ0v) is 18.6. The summed E-state index contributed by atoms with van der Waals surface area (Å²) in [6, 6.07) is 17.5. The summed E-state index contributed by atoms with van der Waals surface area (Å²) in [6.45, 7) is 4.85. The van der Waals surface area contributed by atoms with Crippen LogP contribution in [0.4, 0.5) is 11.4 Å². The van der Waals surface area contributed by atoms with E-state index >= 15 is 0 Å². The van der Waals surface area contributed by atoms with Gasteiger partial charge in [0.1, 0.15) is 0 Å². The molecule has 2 atom stereocenters. The van der Waals surface area contributed by atoms with Crippen LogP contribution in [0.15, 0.2) is 54.6 Å². The third kappa shape index (κ3) is 5.18. The van der Waals surface area contributed by atoms with Gasteiger partial charge in [0.15, 0.2) is 0 Å². The second-order valence-electron chi connectivity index (χ2n) is 8.92. The van der Waals surface area contributed by atoms with E-state index in [0.29, 0.717) is 17.9 Å². The number of piperidine rings is 1. The molecule has 170 valence electrons. The van der Waals surface area contributed by atoms with Gasteiger partial charge in [-0.25, -0.2) is 0 Å². The molecule has 2 aromatic carbocycles. The largest absolute Gasteiger partial charge is 0.390 e. The van der Waals surface area contributed by atoms with Crippen molar-refractivity contribution in [2.45, 2.75) is 44.4 Å². The predicted molar refractivity (Wildman–Crippen MR) is 125 cm³/mol. The van der Waals surface area contributed by atoms with Crippen molar-refractivity contribution in [2.24, 2.45) is 0 Å². The lowest BCUT2D eigenvalue weighted by atomic mass is 9.82. The van der Waals surface area contributed by atoms with Crippen LogP contribution in [0.3, 0.4) is 0 Å². The molecule has 4 rings (SSSR count). The van der Waals surface area contributed by atoms with E-state index in [4.69, 9.17) is 0 Å². The fraction of sp³-hybridized carbons (Fsp3) is 0.440. The van der Waals surface area contributed by atoms with Gasteiger partial charge in [-0.15, -0.1) is 0 Å². The van der Waals surface area contributed by atoms with Crippen LogP contribution in [0.5, 0.6) is 0 Å². The van der Waals surface area contributed by atoms with Crippen LogP contribution in [0.1, 0.15) is 31.7 Å². The van der Waals surface area contributed by atoms with Crippen molar-refractivity contribution in [1.82, 2.24) is 9.80 Å². The van der Waals surface area contributed by atoms with Crippen molar-refractivity contribution in [3.63, 3.8) is 0 Å². The minimum Gasteiger partial charge on any atom is -0.390 e. The third-order valence-electron chi connectivity index (χ3n) is 6.65. The standard InChI is InChI=1S/C25H32N4O3/c1-19(30)26-21-8-10-22(11-9-21)27-24(32)18-28-15-13-25(23(31)17-28)12-5-14-29(25)16-20-6-3-2-4-7-20/h2-4,6-11,23,31H,5,12-18H2,1H3,(H,26,30)(H,27,32)/t23-,25-/m0/s1. The molecule has 0 unspecified atom stereocenters. The molecule has 7 nitrogen and oxygen atoms in total. The van der Waals surface area contributed by atoms with Gasteiger partial charge in [0.25, 0.3) is 0 Å². The summed E-state index contributed by atoms with van der Waals surface area (Å²) in [6.07, 6.45) is 2.48. The summed E-state index contributed by atoms with van der Waals surface area (Å²) in [5.74, 6) is -0.235. The smallest absolute Gasteiger partial charge is 0.238 e. The highest BCUT2D eigenvalue weighted by molar-refractivity contribution is 5.93. The van der Waals surface area contributed by atoms with E-state index in [2.05, 4.69) is 39.8 Å². The van der Waals surface area contributed by atoms with E-state index in [0.717, 1.165) is 38.9 Å². The van der Waals surface area contributed by atoms with Gasteiger partial charge >= 0.3 is 0 Å². The zero-order chi connectivity index (χ0) is 22.6. The lowest BCUT2D eigenvalue weighted by molar-refractivity contribution is -0.120. The Morgan fingerprint density at radius 2 is 1.69 bits per heavy atom. The van der Waals surface area contributed by atoms with E-state index in [1.807, 2.05) is 11.0 Å². The van der Waals surface area contributed by atoms with Crippen LogP contribution in [-0.2, 0) is 16.1 Å². The fourth-order valence-corrected chi connectivity index (χ4v) is 5.07.